The van der Waals surface area contributed by atoms with Crippen molar-refractivity contribution in [3.05, 3.63) is 23.3 Å². The molecule has 1 heterocycles. The summed E-state index contributed by atoms with van der Waals surface area (Å²) in [5.74, 6) is 0.215. The Balaban J connectivity index is 0.000000311. The molecule has 1 saturated heterocycles. The van der Waals surface area contributed by atoms with E-state index in [0.717, 1.165) is 12.8 Å². The summed E-state index contributed by atoms with van der Waals surface area (Å²) in [7, 11) is 2.17. The summed E-state index contributed by atoms with van der Waals surface area (Å²) in [5.41, 5.74) is 3.48. The zero-order valence-electron chi connectivity index (χ0n) is 21.3. The largest absolute Gasteiger partial charge is 0.466 e. The molecule has 0 spiro atoms. The van der Waals surface area contributed by atoms with Gasteiger partial charge in [0.1, 0.15) is 6.61 Å². The summed E-state index contributed by atoms with van der Waals surface area (Å²) in [4.78, 5) is 23.6. The van der Waals surface area contributed by atoms with Gasteiger partial charge in [-0.05, 0) is 91.2 Å². The van der Waals surface area contributed by atoms with Gasteiger partial charge < -0.3 is 9.47 Å². The fraction of sp³-hybridized carbons (Fsp3) is 0.769. The van der Waals surface area contributed by atoms with Gasteiger partial charge in [-0.25, -0.2) is 0 Å². The number of allylic oxidation sites excluding steroid dienone is 3. The van der Waals surface area contributed by atoms with E-state index in [1.807, 2.05) is 6.08 Å². The Morgan fingerprint density at radius 2 is 1.58 bits per heavy atom. The molecular formula is C26H45NO4. The van der Waals surface area contributed by atoms with Crippen molar-refractivity contribution in [2.45, 2.75) is 99.1 Å². The SMILES string of the molecule is CC(=O)OC/C=C(\C)CCC1N(C)C1(C)C.CC(=O)OCC1CC1(C)CCC=C(C)C. The Hall–Kier alpha value is -1.62. The Kier molecular flexibility index (Phi) is 10.5. The zero-order chi connectivity index (χ0) is 23.8. The second-order valence-electron chi connectivity index (χ2n) is 10.3. The van der Waals surface area contributed by atoms with E-state index in [1.165, 1.54) is 44.3 Å². The van der Waals surface area contributed by atoms with Crippen molar-refractivity contribution in [1.82, 2.24) is 4.90 Å². The van der Waals surface area contributed by atoms with E-state index in [1.54, 1.807) is 0 Å². The van der Waals surface area contributed by atoms with E-state index >= 15 is 0 Å². The highest BCUT2D eigenvalue weighted by Gasteiger charge is 2.51. The quantitative estimate of drug-likeness (QED) is 0.251. The molecule has 0 aromatic rings. The van der Waals surface area contributed by atoms with Gasteiger partial charge in [0.05, 0.1) is 6.61 Å². The van der Waals surface area contributed by atoms with Crippen LogP contribution in [0.5, 0.6) is 0 Å². The van der Waals surface area contributed by atoms with E-state index in [2.05, 4.69) is 59.6 Å². The number of hydrogen-bond donors (Lipinski definition) is 0. The summed E-state index contributed by atoms with van der Waals surface area (Å²) in [6.07, 6.45) is 10.1. The molecule has 0 radical (unpaired) electrons. The second kappa shape index (κ2) is 11.8. The van der Waals surface area contributed by atoms with Crippen LogP contribution in [0.2, 0.25) is 0 Å². The zero-order valence-corrected chi connectivity index (χ0v) is 21.3. The minimum atomic E-state index is -0.216. The molecule has 178 valence electrons. The van der Waals surface area contributed by atoms with E-state index in [4.69, 9.17) is 9.47 Å². The molecule has 2 rings (SSSR count). The fourth-order valence-electron chi connectivity index (χ4n) is 4.06. The first kappa shape index (κ1) is 27.4. The molecule has 4 atom stereocenters. The number of esters is 2. The van der Waals surface area contributed by atoms with E-state index in [-0.39, 0.29) is 11.9 Å². The number of ether oxygens (including phenoxy) is 2. The maximum absolute atomic E-state index is 10.7. The number of nitrogens with zero attached hydrogens (tertiary/aromatic N) is 1. The van der Waals surface area contributed by atoms with Gasteiger partial charge >= 0.3 is 11.9 Å². The third-order valence-electron chi connectivity index (χ3n) is 6.95. The molecular weight excluding hydrogens is 390 g/mol. The van der Waals surface area contributed by atoms with Crippen molar-refractivity contribution in [3.63, 3.8) is 0 Å². The Labute approximate surface area is 190 Å². The number of rotatable bonds is 10. The molecule has 5 heteroatoms. The summed E-state index contributed by atoms with van der Waals surface area (Å²) < 4.78 is 9.91. The van der Waals surface area contributed by atoms with Crippen LogP contribution in [0.15, 0.2) is 23.3 Å². The van der Waals surface area contributed by atoms with Crippen LogP contribution in [0.1, 0.15) is 87.5 Å². The van der Waals surface area contributed by atoms with Crippen molar-refractivity contribution >= 4 is 11.9 Å². The van der Waals surface area contributed by atoms with Gasteiger partial charge in [-0.3, -0.25) is 14.5 Å². The van der Waals surface area contributed by atoms with Gasteiger partial charge in [0, 0.05) is 25.4 Å². The summed E-state index contributed by atoms with van der Waals surface area (Å²) in [5, 5.41) is 0. The van der Waals surface area contributed by atoms with Gasteiger partial charge in [-0.1, -0.05) is 24.1 Å². The molecule has 1 aliphatic carbocycles. The maximum Gasteiger partial charge on any atom is 0.302 e. The van der Waals surface area contributed by atoms with Crippen LogP contribution >= 0.6 is 0 Å². The molecule has 0 N–H and O–H groups in total. The minimum absolute atomic E-state index is 0.159. The van der Waals surface area contributed by atoms with Crippen molar-refractivity contribution in [3.8, 4) is 0 Å². The van der Waals surface area contributed by atoms with Crippen molar-refractivity contribution < 1.29 is 19.1 Å². The van der Waals surface area contributed by atoms with Gasteiger partial charge in [0.2, 0.25) is 0 Å². The molecule has 1 aliphatic heterocycles. The molecule has 5 nitrogen and oxygen atoms in total. The molecule has 0 bridgehead atoms. The highest BCUT2D eigenvalue weighted by Crippen LogP contribution is 2.55. The average Bonchev–Trinajstić information content (AvgIpc) is 3.43. The lowest BCUT2D eigenvalue weighted by atomic mass is 9.99. The first-order chi connectivity index (χ1) is 14.3. The van der Waals surface area contributed by atoms with Crippen LogP contribution in [-0.2, 0) is 19.1 Å². The normalized spacial score (nSPS) is 28.0. The van der Waals surface area contributed by atoms with Crippen LogP contribution < -0.4 is 0 Å². The molecule has 2 fully saturated rings. The Morgan fingerprint density at radius 1 is 1.00 bits per heavy atom. The van der Waals surface area contributed by atoms with Crippen LogP contribution in [-0.4, -0.2) is 48.7 Å². The van der Waals surface area contributed by atoms with Gasteiger partial charge in [0.15, 0.2) is 0 Å². The number of hydrogen-bond acceptors (Lipinski definition) is 5. The number of likely N-dealkylation sites (N-methyl/N-ethyl adjacent to an activating group) is 1. The van der Waals surface area contributed by atoms with Crippen LogP contribution in [0.3, 0.4) is 0 Å². The standard InChI is InChI=1S/C13H23NO2.C13H22O2/c1-10(8-9-16-11(2)15)6-7-12-13(3,4)14(12)5;1-10(2)6-5-7-13(4)8-12(13)9-15-11(3)14/h8,12H,6-7,9H2,1-5H3;6,12H,5,7-9H2,1-4H3/b10-8+;. The lowest BCUT2D eigenvalue weighted by Gasteiger charge is -2.09. The van der Waals surface area contributed by atoms with Gasteiger partial charge in [-0.2, -0.15) is 0 Å². The van der Waals surface area contributed by atoms with Crippen molar-refractivity contribution in [2.24, 2.45) is 11.3 Å². The predicted octanol–water partition coefficient (Wildman–Crippen LogP) is 5.69. The maximum atomic E-state index is 10.7. The number of carbonyl (C=O) groups excluding carboxylic acids is 2. The van der Waals surface area contributed by atoms with Gasteiger partial charge in [0.25, 0.3) is 0 Å². The summed E-state index contributed by atoms with van der Waals surface area (Å²) >= 11 is 0. The first-order valence-electron chi connectivity index (χ1n) is 11.6. The van der Waals surface area contributed by atoms with Gasteiger partial charge in [-0.15, -0.1) is 0 Å². The molecule has 0 amide bonds. The molecule has 4 unspecified atom stereocenters. The van der Waals surface area contributed by atoms with Crippen LogP contribution in [0, 0.1) is 11.3 Å². The summed E-state index contributed by atoms with van der Waals surface area (Å²) in [6.45, 7) is 17.1. The second-order valence-corrected chi connectivity index (χ2v) is 10.3. The van der Waals surface area contributed by atoms with Crippen LogP contribution in [0.25, 0.3) is 0 Å². The third-order valence-corrected chi connectivity index (χ3v) is 6.95. The Morgan fingerprint density at radius 3 is 2.06 bits per heavy atom. The fourth-order valence-corrected chi connectivity index (χ4v) is 4.06. The molecule has 0 aromatic carbocycles. The predicted molar refractivity (Wildman–Crippen MR) is 127 cm³/mol. The van der Waals surface area contributed by atoms with Crippen molar-refractivity contribution in [2.75, 3.05) is 20.3 Å². The van der Waals surface area contributed by atoms with E-state index in [9.17, 15) is 9.59 Å². The third kappa shape index (κ3) is 10.0. The highest BCUT2D eigenvalue weighted by molar-refractivity contribution is 5.66. The van der Waals surface area contributed by atoms with Crippen LogP contribution in [0.4, 0.5) is 0 Å². The molecule has 1 saturated carbocycles. The molecule has 2 aliphatic rings. The monoisotopic (exact) mass is 435 g/mol. The topological polar surface area (TPSA) is 55.6 Å². The molecule has 31 heavy (non-hydrogen) atoms. The van der Waals surface area contributed by atoms with E-state index < -0.39 is 0 Å². The first-order valence-corrected chi connectivity index (χ1v) is 11.6. The highest BCUT2D eigenvalue weighted by atomic mass is 16.5. The summed E-state index contributed by atoms with van der Waals surface area (Å²) in [6, 6.07) is 0.699. The molecule has 0 aromatic heterocycles. The smallest absolute Gasteiger partial charge is 0.302 e. The minimum Gasteiger partial charge on any atom is -0.466 e. The van der Waals surface area contributed by atoms with E-state index in [0.29, 0.717) is 36.1 Å². The lowest BCUT2D eigenvalue weighted by molar-refractivity contribution is -0.142. The number of carbonyl (C=O) groups is 2. The Bertz CT molecular complexity index is 675. The average molecular weight is 436 g/mol. The van der Waals surface area contributed by atoms with Crippen molar-refractivity contribution in [1.29, 1.82) is 0 Å². The lowest BCUT2D eigenvalue weighted by Crippen LogP contribution is -2.07.